The summed E-state index contributed by atoms with van der Waals surface area (Å²) in [6, 6.07) is 58.4. The van der Waals surface area contributed by atoms with Gasteiger partial charge in [-0.2, -0.15) is 0 Å². The van der Waals surface area contributed by atoms with Crippen molar-refractivity contribution in [1.82, 2.24) is 0 Å². The lowest BCUT2D eigenvalue weighted by molar-refractivity contribution is 0.669. The fourth-order valence-corrected chi connectivity index (χ4v) is 7.81. The predicted molar refractivity (Wildman–Crippen MR) is 192 cm³/mol. The smallest absolute Gasteiger partial charge is 0.137 e. The van der Waals surface area contributed by atoms with Crippen LogP contribution in [0.5, 0.6) is 0 Å². The first-order valence-electron chi connectivity index (χ1n) is 15.2. The van der Waals surface area contributed by atoms with Crippen molar-refractivity contribution < 1.29 is 4.42 Å². The molecule has 0 aliphatic heterocycles. The maximum absolute atomic E-state index is 6.31. The van der Waals surface area contributed by atoms with Crippen molar-refractivity contribution in [2.75, 3.05) is 4.90 Å². The molecule has 0 fully saturated rings. The summed E-state index contributed by atoms with van der Waals surface area (Å²) < 4.78 is 8.96. The van der Waals surface area contributed by atoms with E-state index in [1.54, 1.807) is 0 Å². The van der Waals surface area contributed by atoms with Crippen LogP contribution >= 0.6 is 11.3 Å². The molecule has 0 radical (unpaired) electrons. The summed E-state index contributed by atoms with van der Waals surface area (Å²) in [6.45, 7) is 0. The number of rotatable bonds is 5. The molecule has 0 aliphatic carbocycles. The number of benzene rings is 7. The summed E-state index contributed by atoms with van der Waals surface area (Å²) in [4.78, 5) is 2.35. The number of hydrogen-bond donors (Lipinski definition) is 0. The van der Waals surface area contributed by atoms with E-state index in [9.17, 15) is 0 Å². The van der Waals surface area contributed by atoms with Gasteiger partial charge < -0.3 is 9.32 Å². The van der Waals surface area contributed by atoms with Gasteiger partial charge in [-0.1, -0.05) is 115 Å². The van der Waals surface area contributed by atoms with Gasteiger partial charge >= 0.3 is 0 Å². The molecule has 2 nitrogen and oxygen atoms in total. The van der Waals surface area contributed by atoms with E-state index in [0.717, 1.165) is 39.0 Å². The van der Waals surface area contributed by atoms with E-state index in [1.165, 1.54) is 42.4 Å². The summed E-state index contributed by atoms with van der Waals surface area (Å²) in [5.41, 5.74) is 9.92. The van der Waals surface area contributed by atoms with Crippen LogP contribution < -0.4 is 4.90 Å². The van der Waals surface area contributed by atoms with E-state index in [0.29, 0.717) is 0 Å². The highest BCUT2D eigenvalue weighted by Crippen LogP contribution is 2.44. The average molecular weight is 594 g/mol. The first-order chi connectivity index (χ1) is 22.3. The van der Waals surface area contributed by atoms with E-state index in [4.69, 9.17) is 4.42 Å². The fourth-order valence-electron chi connectivity index (χ4n) is 6.57. The van der Waals surface area contributed by atoms with Crippen LogP contribution in [-0.4, -0.2) is 0 Å². The quantitative estimate of drug-likeness (QED) is 0.197. The third-order valence-electron chi connectivity index (χ3n) is 8.69. The second-order valence-corrected chi connectivity index (χ2v) is 12.4. The number of furan rings is 1. The Hall–Kier alpha value is -5.64. The SMILES string of the molecule is c1ccc(-c2ccc(N(c3ccc(-c4cccc5c4sc4ccccc45)cc3)c3cccc4oc5ccccc5c34)cc2)cc1. The van der Waals surface area contributed by atoms with Gasteiger partial charge in [0.1, 0.15) is 11.2 Å². The van der Waals surface area contributed by atoms with Gasteiger partial charge in [0, 0.05) is 36.9 Å². The zero-order chi connectivity index (χ0) is 29.7. The Morgan fingerprint density at radius 3 is 1.82 bits per heavy atom. The zero-order valence-corrected chi connectivity index (χ0v) is 25.2. The Morgan fingerprint density at radius 2 is 1.02 bits per heavy atom. The molecule has 0 unspecified atom stereocenters. The molecule has 0 bridgehead atoms. The monoisotopic (exact) mass is 593 g/mol. The van der Waals surface area contributed by atoms with Crippen molar-refractivity contribution in [3.05, 3.63) is 164 Å². The summed E-state index contributed by atoms with van der Waals surface area (Å²) >= 11 is 1.87. The minimum Gasteiger partial charge on any atom is -0.456 e. The van der Waals surface area contributed by atoms with E-state index in [-0.39, 0.29) is 0 Å². The van der Waals surface area contributed by atoms with Crippen LogP contribution in [0.15, 0.2) is 168 Å². The van der Waals surface area contributed by atoms with E-state index >= 15 is 0 Å². The van der Waals surface area contributed by atoms with Crippen molar-refractivity contribution >= 4 is 70.5 Å². The van der Waals surface area contributed by atoms with Gasteiger partial charge in [-0.3, -0.25) is 0 Å². The Balaban J connectivity index is 1.20. The van der Waals surface area contributed by atoms with Crippen LogP contribution in [0.25, 0.3) is 64.4 Å². The lowest BCUT2D eigenvalue weighted by Gasteiger charge is -2.26. The highest BCUT2D eigenvalue weighted by Gasteiger charge is 2.20. The maximum atomic E-state index is 6.31. The second kappa shape index (κ2) is 10.5. The Bertz CT molecular complexity index is 2470. The summed E-state index contributed by atoms with van der Waals surface area (Å²) in [7, 11) is 0. The molecule has 0 spiro atoms. The molecule has 0 saturated carbocycles. The summed E-state index contributed by atoms with van der Waals surface area (Å²) in [5, 5.41) is 4.86. The number of thiophene rings is 1. The molecule has 0 atom stereocenters. The second-order valence-electron chi connectivity index (χ2n) is 11.3. The van der Waals surface area contributed by atoms with Crippen molar-refractivity contribution in [2.45, 2.75) is 0 Å². The molecule has 9 rings (SSSR count). The third kappa shape index (κ3) is 4.32. The van der Waals surface area contributed by atoms with E-state index < -0.39 is 0 Å². The van der Waals surface area contributed by atoms with Crippen LogP contribution in [0.3, 0.4) is 0 Å². The van der Waals surface area contributed by atoms with Gasteiger partial charge in [0.25, 0.3) is 0 Å². The van der Waals surface area contributed by atoms with Gasteiger partial charge in [-0.05, 0) is 70.8 Å². The maximum Gasteiger partial charge on any atom is 0.137 e. The highest BCUT2D eigenvalue weighted by atomic mass is 32.1. The third-order valence-corrected chi connectivity index (χ3v) is 9.91. The van der Waals surface area contributed by atoms with Gasteiger partial charge in [0.15, 0.2) is 0 Å². The Kier molecular flexibility index (Phi) is 6.03. The topological polar surface area (TPSA) is 16.4 Å². The normalized spacial score (nSPS) is 11.6. The van der Waals surface area contributed by atoms with Crippen LogP contribution in [0.4, 0.5) is 17.1 Å². The number of anilines is 3. The van der Waals surface area contributed by atoms with E-state index in [1.807, 2.05) is 23.5 Å². The molecular weight excluding hydrogens is 567 g/mol. The molecule has 0 aliphatic rings. The van der Waals surface area contributed by atoms with Crippen molar-refractivity contribution in [3.8, 4) is 22.3 Å². The molecule has 2 heterocycles. The molecule has 7 aromatic carbocycles. The highest BCUT2D eigenvalue weighted by molar-refractivity contribution is 7.26. The predicted octanol–water partition coefficient (Wildman–Crippen LogP) is 12.8. The van der Waals surface area contributed by atoms with Gasteiger partial charge in [-0.25, -0.2) is 0 Å². The van der Waals surface area contributed by atoms with Gasteiger partial charge in [-0.15, -0.1) is 11.3 Å². The average Bonchev–Trinajstić information content (AvgIpc) is 3.69. The summed E-state index contributed by atoms with van der Waals surface area (Å²) in [5.74, 6) is 0. The molecular formula is C42H27NOS. The first kappa shape index (κ1) is 25.8. The molecule has 9 aromatic rings. The molecule has 2 aromatic heterocycles. The summed E-state index contributed by atoms with van der Waals surface area (Å²) in [6.07, 6.45) is 0. The lowest BCUT2D eigenvalue weighted by Crippen LogP contribution is -2.10. The molecule has 45 heavy (non-hydrogen) atoms. The van der Waals surface area contributed by atoms with Crippen molar-refractivity contribution in [2.24, 2.45) is 0 Å². The molecule has 0 saturated heterocycles. The Morgan fingerprint density at radius 1 is 0.422 bits per heavy atom. The first-order valence-corrected chi connectivity index (χ1v) is 16.0. The number of nitrogens with zero attached hydrogens (tertiary/aromatic N) is 1. The van der Waals surface area contributed by atoms with E-state index in [2.05, 4.69) is 157 Å². The standard InChI is InChI=1S/C42H27NOS/c1-2-10-28(11-3-1)29-20-24-31(25-21-29)43(37-16-9-18-39-41(37)36-13-4-6-17-38(36)44-39)32-26-22-30(23-27-32)33-14-8-15-35-34-12-5-7-19-40(34)45-42(33)35/h1-27H. The van der Waals surface area contributed by atoms with Crippen LogP contribution in [0.2, 0.25) is 0 Å². The number of hydrogen-bond acceptors (Lipinski definition) is 3. The number of para-hydroxylation sites is 1. The van der Waals surface area contributed by atoms with Gasteiger partial charge in [0.2, 0.25) is 0 Å². The largest absolute Gasteiger partial charge is 0.456 e. The van der Waals surface area contributed by atoms with Crippen LogP contribution in [-0.2, 0) is 0 Å². The van der Waals surface area contributed by atoms with Crippen molar-refractivity contribution in [1.29, 1.82) is 0 Å². The molecule has 0 amide bonds. The molecule has 212 valence electrons. The van der Waals surface area contributed by atoms with Crippen molar-refractivity contribution in [3.63, 3.8) is 0 Å². The molecule has 3 heteroatoms. The van der Waals surface area contributed by atoms with Crippen LogP contribution in [0, 0.1) is 0 Å². The minimum absolute atomic E-state index is 0.882. The lowest BCUT2D eigenvalue weighted by atomic mass is 10.0. The van der Waals surface area contributed by atoms with Crippen LogP contribution in [0.1, 0.15) is 0 Å². The molecule has 0 N–H and O–H groups in total. The number of fused-ring (bicyclic) bond motifs is 6. The van der Waals surface area contributed by atoms with Gasteiger partial charge in [0.05, 0.1) is 11.1 Å². The fraction of sp³-hybridized carbons (Fsp3) is 0. The Labute approximate surface area is 265 Å². The minimum atomic E-state index is 0.882. The zero-order valence-electron chi connectivity index (χ0n) is 24.4.